The summed E-state index contributed by atoms with van der Waals surface area (Å²) in [5.41, 5.74) is 1.72. The van der Waals surface area contributed by atoms with Crippen molar-refractivity contribution in [3.05, 3.63) is 35.6 Å². The van der Waals surface area contributed by atoms with E-state index in [1.54, 1.807) is 12.1 Å². The van der Waals surface area contributed by atoms with Gasteiger partial charge < -0.3 is 4.84 Å². The Hall–Kier alpha value is -1.38. The van der Waals surface area contributed by atoms with Gasteiger partial charge in [-0.25, -0.2) is 4.39 Å². The molecule has 0 aromatic heterocycles. The standard InChI is InChI=1S/C10H12FNO/c1-3-10(12-13-2)8-4-6-9(11)7-5-8/h4-7H,3H2,1-2H3/b12-10+. The molecule has 1 aromatic carbocycles. The molecule has 0 amide bonds. The lowest BCUT2D eigenvalue weighted by molar-refractivity contribution is 0.213. The van der Waals surface area contributed by atoms with E-state index in [2.05, 4.69) is 9.99 Å². The van der Waals surface area contributed by atoms with Crippen molar-refractivity contribution < 1.29 is 9.23 Å². The molecule has 2 nitrogen and oxygen atoms in total. The van der Waals surface area contributed by atoms with Crippen molar-refractivity contribution in [2.75, 3.05) is 7.11 Å². The van der Waals surface area contributed by atoms with Crippen LogP contribution < -0.4 is 0 Å². The number of oxime groups is 1. The highest BCUT2D eigenvalue weighted by Gasteiger charge is 2.01. The number of halogens is 1. The molecular weight excluding hydrogens is 169 g/mol. The number of hydrogen-bond donors (Lipinski definition) is 0. The van der Waals surface area contributed by atoms with Gasteiger partial charge in [0.2, 0.25) is 0 Å². The van der Waals surface area contributed by atoms with E-state index in [4.69, 9.17) is 0 Å². The monoisotopic (exact) mass is 181 g/mol. The van der Waals surface area contributed by atoms with Crippen LogP contribution in [0.5, 0.6) is 0 Å². The molecule has 0 saturated carbocycles. The van der Waals surface area contributed by atoms with E-state index in [9.17, 15) is 4.39 Å². The Morgan fingerprint density at radius 1 is 1.38 bits per heavy atom. The Labute approximate surface area is 77.0 Å². The summed E-state index contributed by atoms with van der Waals surface area (Å²) in [6.45, 7) is 1.97. The van der Waals surface area contributed by atoms with E-state index in [-0.39, 0.29) is 5.82 Å². The van der Waals surface area contributed by atoms with Gasteiger partial charge in [0.25, 0.3) is 0 Å². The Morgan fingerprint density at radius 2 is 2.00 bits per heavy atom. The van der Waals surface area contributed by atoms with Crippen LogP contribution in [-0.2, 0) is 4.84 Å². The first-order chi connectivity index (χ1) is 6.27. The smallest absolute Gasteiger partial charge is 0.123 e. The highest BCUT2D eigenvalue weighted by molar-refractivity contribution is 5.99. The summed E-state index contributed by atoms with van der Waals surface area (Å²) in [6, 6.07) is 6.21. The summed E-state index contributed by atoms with van der Waals surface area (Å²) in [5.74, 6) is -0.239. The zero-order chi connectivity index (χ0) is 9.68. The molecule has 0 N–H and O–H groups in total. The fourth-order valence-electron chi connectivity index (χ4n) is 1.07. The predicted octanol–water partition coefficient (Wildman–Crippen LogP) is 2.59. The second kappa shape index (κ2) is 4.60. The van der Waals surface area contributed by atoms with Gasteiger partial charge in [-0.05, 0) is 24.1 Å². The third-order valence-electron chi connectivity index (χ3n) is 1.71. The quantitative estimate of drug-likeness (QED) is 0.518. The summed E-state index contributed by atoms with van der Waals surface area (Å²) in [5, 5.41) is 3.84. The van der Waals surface area contributed by atoms with Gasteiger partial charge in [-0.15, -0.1) is 0 Å². The molecule has 0 aliphatic heterocycles. The fraction of sp³-hybridized carbons (Fsp3) is 0.300. The molecule has 0 atom stereocenters. The van der Waals surface area contributed by atoms with Crippen LogP contribution >= 0.6 is 0 Å². The number of nitrogens with zero attached hydrogens (tertiary/aromatic N) is 1. The lowest BCUT2D eigenvalue weighted by atomic mass is 10.1. The molecule has 1 aromatic rings. The van der Waals surface area contributed by atoms with Gasteiger partial charge in [0, 0.05) is 0 Å². The third-order valence-corrected chi connectivity index (χ3v) is 1.71. The Morgan fingerprint density at radius 3 is 2.46 bits per heavy atom. The van der Waals surface area contributed by atoms with E-state index in [1.807, 2.05) is 6.92 Å². The largest absolute Gasteiger partial charge is 0.399 e. The van der Waals surface area contributed by atoms with E-state index in [0.29, 0.717) is 0 Å². The van der Waals surface area contributed by atoms with Gasteiger partial charge in [-0.2, -0.15) is 0 Å². The molecule has 0 unspecified atom stereocenters. The molecule has 0 spiro atoms. The molecule has 0 heterocycles. The normalized spacial score (nSPS) is 11.5. The Kier molecular flexibility index (Phi) is 3.43. The first kappa shape index (κ1) is 9.71. The molecule has 0 fully saturated rings. The van der Waals surface area contributed by atoms with E-state index >= 15 is 0 Å². The molecular formula is C10H12FNO. The van der Waals surface area contributed by atoms with Crippen molar-refractivity contribution >= 4 is 5.71 Å². The molecule has 70 valence electrons. The Balaban J connectivity index is 2.92. The van der Waals surface area contributed by atoms with Crippen molar-refractivity contribution in [2.24, 2.45) is 5.16 Å². The molecule has 0 aliphatic rings. The van der Waals surface area contributed by atoms with Crippen LogP contribution in [0.15, 0.2) is 29.4 Å². The molecule has 1 rings (SSSR count). The lowest BCUT2D eigenvalue weighted by Crippen LogP contribution is -1.99. The van der Waals surface area contributed by atoms with Crippen LogP contribution in [0.1, 0.15) is 18.9 Å². The second-order valence-corrected chi connectivity index (χ2v) is 2.58. The van der Waals surface area contributed by atoms with Crippen molar-refractivity contribution in [3.8, 4) is 0 Å². The number of hydrogen-bond acceptors (Lipinski definition) is 2. The van der Waals surface area contributed by atoms with Gasteiger partial charge in [0.05, 0.1) is 5.71 Å². The predicted molar refractivity (Wildman–Crippen MR) is 50.2 cm³/mol. The summed E-state index contributed by atoms with van der Waals surface area (Å²) in [4.78, 5) is 4.67. The van der Waals surface area contributed by atoms with Gasteiger partial charge >= 0.3 is 0 Å². The Bertz CT molecular complexity index is 292. The molecule has 0 aliphatic carbocycles. The van der Waals surface area contributed by atoms with Crippen molar-refractivity contribution in [2.45, 2.75) is 13.3 Å². The minimum atomic E-state index is -0.239. The average Bonchev–Trinajstić information content (AvgIpc) is 2.16. The molecule has 3 heteroatoms. The van der Waals surface area contributed by atoms with Crippen molar-refractivity contribution in [1.82, 2.24) is 0 Å². The summed E-state index contributed by atoms with van der Waals surface area (Å²) in [7, 11) is 1.50. The van der Waals surface area contributed by atoms with Crippen molar-refractivity contribution in [1.29, 1.82) is 0 Å². The second-order valence-electron chi connectivity index (χ2n) is 2.58. The van der Waals surface area contributed by atoms with Crippen LogP contribution in [0.25, 0.3) is 0 Å². The summed E-state index contributed by atoms with van der Waals surface area (Å²) in [6.07, 6.45) is 0.763. The highest BCUT2D eigenvalue weighted by Crippen LogP contribution is 2.06. The van der Waals surface area contributed by atoms with Crippen LogP contribution in [0.3, 0.4) is 0 Å². The lowest BCUT2D eigenvalue weighted by Gasteiger charge is -2.01. The maximum atomic E-state index is 12.6. The number of rotatable bonds is 3. The SMILES string of the molecule is CC/C(=N\OC)c1ccc(F)cc1. The number of benzene rings is 1. The minimum Gasteiger partial charge on any atom is -0.399 e. The highest BCUT2D eigenvalue weighted by atomic mass is 19.1. The first-order valence-corrected chi connectivity index (χ1v) is 4.14. The van der Waals surface area contributed by atoms with E-state index in [0.717, 1.165) is 17.7 Å². The van der Waals surface area contributed by atoms with Crippen LogP contribution in [0.4, 0.5) is 4.39 Å². The maximum absolute atomic E-state index is 12.6. The summed E-state index contributed by atoms with van der Waals surface area (Å²) >= 11 is 0. The van der Waals surface area contributed by atoms with Gasteiger partial charge in [0.1, 0.15) is 12.9 Å². The van der Waals surface area contributed by atoms with Crippen molar-refractivity contribution in [3.63, 3.8) is 0 Å². The third kappa shape index (κ3) is 2.54. The van der Waals surface area contributed by atoms with E-state index < -0.39 is 0 Å². The minimum absolute atomic E-state index is 0.239. The topological polar surface area (TPSA) is 21.6 Å². The fourth-order valence-corrected chi connectivity index (χ4v) is 1.07. The zero-order valence-corrected chi connectivity index (χ0v) is 7.75. The van der Waals surface area contributed by atoms with Gasteiger partial charge in [-0.3, -0.25) is 0 Å². The van der Waals surface area contributed by atoms with Crippen LogP contribution in [0, 0.1) is 5.82 Å². The van der Waals surface area contributed by atoms with Crippen LogP contribution in [-0.4, -0.2) is 12.8 Å². The van der Waals surface area contributed by atoms with Crippen LogP contribution in [0.2, 0.25) is 0 Å². The average molecular weight is 181 g/mol. The molecule has 0 saturated heterocycles. The molecule has 0 bridgehead atoms. The maximum Gasteiger partial charge on any atom is 0.123 e. The molecule has 13 heavy (non-hydrogen) atoms. The van der Waals surface area contributed by atoms with Gasteiger partial charge in [-0.1, -0.05) is 24.2 Å². The van der Waals surface area contributed by atoms with E-state index in [1.165, 1.54) is 19.2 Å². The van der Waals surface area contributed by atoms with Gasteiger partial charge in [0.15, 0.2) is 0 Å². The molecule has 0 radical (unpaired) electrons. The first-order valence-electron chi connectivity index (χ1n) is 4.14. The zero-order valence-electron chi connectivity index (χ0n) is 7.75. The summed E-state index contributed by atoms with van der Waals surface area (Å²) < 4.78 is 12.6.